The number of fused-ring (bicyclic) bond motifs is 1. The van der Waals surface area contributed by atoms with Gasteiger partial charge in [-0.15, -0.1) is 0 Å². The van der Waals surface area contributed by atoms with E-state index in [9.17, 15) is 4.39 Å². The molecule has 1 aromatic heterocycles. The number of aromatic nitrogens is 1. The van der Waals surface area contributed by atoms with E-state index < -0.39 is 0 Å². The lowest BCUT2D eigenvalue weighted by Gasteiger charge is -2.06. The van der Waals surface area contributed by atoms with Crippen LogP contribution in [0.2, 0.25) is 0 Å². The third kappa shape index (κ3) is 1.76. The van der Waals surface area contributed by atoms with Gasteiger partial charge in [-0.2, -0.15) is 11.8 Å². The summed E-state index contributed by atoms with van der Waals surface area (Å²) in [5, 5.41) is 1.00. The number of hydrogen-bond acceptors (Lipinski definition) is 1. The van der Waals surface area contributed by atoms with Crippen LogP contribution >= 0.6 is 11.8 Å². The normalized spacial score (nSPS) is 11.1. The highest BCUT2D eigenvalue weighted by Crippen LogP contribution is 2.24. The molecule has 0 saturated carbocycles. The van der Waals surface area contributed by atoms with Gasteiger partial charge in [-0.3, -0.25) is 0 Å². The van der Waals surface area contributed by atoms with Gasteiger partial charge in [-0.05, 0) is 25.3 Å². The Morgan fingerprint density at radius 1 is 1.40 bits per heavy atom. The minimum Gasteiger partial charge on any atom is -0.342 e. The number of aryl methyl sites for hydroxylation is 1. The molecule has 15 heavy (non-hydrogen) atoms. The molecule has 2 rings (SSSR count). The van der Waals surface area contributed by atoms with Crippen LogP contribution < -0.4 is 0 Å². The fourth-order valence-electron chi connectivity index (χ4n) is 1.96. The van der Waals surface area contributed by atoms with Gasteiger partial charge < -0.3 is 4.57 Å². The van der Waals surface area contributed by atoms with Crippen LogP contribution in [0.4, 0.5) is 4.39 Å². The van der Waals surface area contributed by atoms with E-state index in [1.54, 1.807) is 17.8 Å². The van der Waals surface area contributed by atoms with Gasteiger partial charge in [0.1, 0.15) is 5.82 Å². The summed E-state index contributed by atoms with van der Waals surface area (Å²) in [6.45, 7) is 2.87. The van der Waals surface area contributed by atoms with Crippen LogP contribution in [0.25, 0.3) is 10.9 Å². The van der Waals surface area contributed by atoms with Crippen LogP contribution in [-0.4, -0.2) is 10.8 Å². The zero-order valence-corrected chi connectivity index (χ0v) is 9.77. The standard InChI is InChI=1S/C12H14FNS/c1-3-14-10(8-15-2)7-9-5-4-6-11(13)12(9)14/h4-7H,3,8H2,1-2H3. The fraction of sp³-hybridized carbons (Fsp3) is 0.333. The van der Waals surface area contributed by atoms with Crippen molar-refractivity contribution in [2.75, 3.05) is 6.26 Å². The van der Waals surface area contributed by atoms with Gasteiger partial charge in [-0.1, -0.05) is 12.1 Å². The van der Waals surface area contributed by atoms with Crippen molar-refractivity contribution in [3.8, 4) is 0 Å². The molecule has 2 aromatic rings. The molecule has 80 valence electrons. The van der Waals surface area contributed by atoms with Gasteiger partial charge in [-0.25, -0.2) is 4.39 Å². The van der Waals surface area contributed by atoms with Gasteiger partial charge in [0, 0.05) is 23.4 Å². The molecule has 1 heterocycles. The monoisotopic (exact) mass is 223 g/mol. The number of para-hydroxylation sites is 1. The van der Waals surface area contributed by atoms with E-state index in [0.717, 1.165) is 23.2 Å². The van der Waals surface area contributed by atoms with Gasteiger partial charge in [0.05, 0.1) is 5.52 Å². The number of rotatable bonds is 3. The molecule has 0 bridgehead atoms. The fourth-order valence-corrected chi connectivity index (χ4v) is 2.50. The van der Waals surface area contributed by atoms with Gasteiger partial charge in [0.25, 0.3) is 0 Å². The highest BCUT2D eigenvalue weighted by molar-refractivity contribution is 7.97. The minimum atomic E-state index is -0.123. The lowest BCUT2D eigenvalue weighted by molar-refractivity contribution is 0.624. The number of benzene rings is 1. The Labute approximate surface area is 93.3 Å². The average molecular weight is 223 g/mol. The topological polar surface area (TPSA) is 4.93 Å². The maximum atomic E-state index is 13.7. The molecule has 0 saturated heterocycles. The summed E-state index contributed by atoms with van der Waals surface area (Å²) in [6.07, 6.45) is 2.06. The summed E-state index contributed by atoms with van der Waals surface area (Å²) in [6, 6.07) is 7.34. The van der Waals surface area contributed by atoms with Crippen molar-refractivity contribution in [2.45, 2.75) is 19.2 Å². The van der Waals surface area contributed by atoms with Crippen molar-refractivity contribution < 1.29 is 4.39 Å². The smallest absolute Gasteiger partial charge is 0.147 e. The Hall–Kier alpha value is -0.960. The Morgan fingerprint density at radius 2 is 2.20 bits per heavy atom. The van der Waals surface area contributed by atoms with Gasteiger partial charge in [0.15, 0.2) is 0 Å². The van der Waals surface area contributed by atoms with Gasteiger partial charge >= 0.3 is 0 Å². The summed E-state index contributed by atoms with van der Waals surface area (Å²) < 4.78 is 15.7. The molecule has 0 atom stereocenters. The van der Waals surface area contributed by atoms with Gasteiger partial charge in [0.2, 0.25) is 0 Å². The zero-order valence-electron chi connectivity index (χ0n) is 8.96. The lowest BCUT2D eigenvalue weighted by atomic mass is 10.2. The summed E-state index contributed by atoms with van der Waals surface area (Å²) in [4.78, 5) is 0. The van der Waals surface area contributed by atoms with Crippen molar-refractivity contribution >= 4 is 22.7 Å². The summed E-state index contributed by atoms with van der Waals surface area (Å²) >= 11 is 1.76. The predicted molar refractivity (Wildman–Crippen MR) is 64.8 cm³/mol. The molecule has 0 aliphatic heterocycles. The molecular weight excluding hydrogens is 209 g/mol. The molecule has 0 aliphatic carbocycles. The molecule has 1 aromatic carbocycles. The highest BCUT2D eigenvalue weighted by atomic mass is 32.2. The second kappa shape index (κ2) is 4.27. The lowest BCUT2D eigenvalue weighted by Crippen LogP contribution is -2.00. The quantitative estimate of drug-likeness (QED) is 0.768. The van der Waals surface area contributed by atoms with Crippen LogP contribution in [0.1, 0.15) is 12.6 Å². The van der Waals surface area contributed by atoms with Crippen molar-refractivity contribution in [3.63, 3.8) is 0 Å². The Kier molecular flexibility index (Phi) is 3.00. The van der Waals surface area contributed by atoms with Crippen LogP contribution in [0, 0.1) is 5.82 Å². The third-order valence-corrected chi connectivity index (χ3v) is 3.15. The number of thioether (sulfide) groups is 1. The average Bonchev–Trinajstić information content (AvgIpc) is 2.57. The molecule has 0 aliphatic rings. The Bertz CT molecular complexity index is 476. The first-order valence-electron chi connectivity index (χ1n) is 5.03. The predicted octanol–water partition coefficient (Wildman–Crippen LogP) is 3.66. The number of hydrogen-bond donors (Lipinski definition) is 0. The highest BCUT2D eigenvalue weighted by Gasteiger charge is 2.10. The number of nitrogens with zero attached hydrogens (tertiary/aromatic N) is 1. The van der Waals surface area contributed by atoms with E-state index in [1.165, 1.54) is 11.8 Å². The van der Waals surface area contributed by atoms with Crippen molar-refractivity contribution in [1.82, 2.24) is 4.57 Å². The maximum Gasteiger partial charge on any atom is 0.147 e. The van der Waals surface area contributed by atoms with E-state index in [0.29, 0.717) is 0 Å². The van der Waals surface area contributed by atoms with E-state index in [2.05, 4.69) is 23.8 Å². The summed E-state index contributed by atoms with van der Waals surface area (Å²) in [5.41, 5.74) is 1.94. The van der Waals surface area contributed by atoms with Crippen molar-refractivity contribution in [2.24, 2.45) is 0 Å². The van der Waals surface area contributed by atoms with E-state index in [4.69, 9.17) is 0 Å². The first-order valence-corrected chi connectivity index (χ1v) is 6.43. The molecule has 0 fully saturated rings. The van der Waals surface area contributed by atoms with Crippen LogP contribution in [-0.2, 0) is 12.3 Å². The molecule has 0 spiro atoms. The van der Waals surface area contributed by atoms with Crippen molar-refractivity contribution in [1.29, 1.82) is 0 Å². The maximum absolute atomic E-state index is 13.7. The number of halogens is 1. The zero-order chi connectivity index (χ0) is 10.8. The largest absolute Gasteiger partial charge is 0.342 e. The Morgan fingerprint density at radius 3 is 2.87 bits per heavy atom. The first-order chi connectivity index (χ1) is 7.27. The molecule has 3 heteroatoms. The van der Waals surface area contributed by atoms with Crippen LogP contribution in [0.3, 0.4) is 0 Å². The third-order valence-electron chi connectivity index (χ3n) is 2.57. The molecule has 0 radical (unpaired) electrons. The van der Waals surface area contributed by atoms with E-state index in [1.807, 2.05) is 6.07 Å². The molecule has 1 nitrogen and oxygen atoms in total. The Balaban J connectivity index is 2.68. The van der Waals surface area contributed by atoms with Crippen LogP contribution in [0.15, 0.2) is 24.3 Å². The second-order valence-electron chi connectivity index (χ2n) is 3.49. The molecule has 0 unspecified atom stereocenters. The van der Waals surface area contributed by atoms with Crippen molar-refractivity contribution in [3.05, 3.63) is 35.8 Å². The first kappa shape index (κ1) is 10.6. The second-order valence-corrected chi connectivity index (χ2v) is 4.36. The molecule has 0 N–H and O–H groups in total. The summed E-state index contributed by atoms with van der Waals surface area (Å²) in [7, 11) is 0. The van der Waals surface area contributed by atoms with E-state index in [-0.39, 0.29) is 5.82 Å². The SMILES string of the molecule is CCn1c(CSC)cc2cccc(F)c21. The summed E-state index contributed by atoms with van der Waals surface area (Å²) in [5.74, 6) is 0.809. The van der Waals surface area contributed by atoms with E-state index >= 15 is 0 Å². The van der Waals surface area contributed by atoms with Crippen LogP contribution in [0.5, 0.6) is 0 Å². The minimum absolute atomic E-state index is 0.123. The molecule has 0 amide bonds. The molecular formula is C12H14FNS.